The van der Waals surface area contributed by atoms with Crippen molar-refractivity contribution in [3.63, 3.8) is 0 Å². The number of rotatable bonds is 13. The molecule has 148 valence electrons. The van der Waals surface area contributed by atoms with Crippen LogP contribution in [0.1, 0.15) is 100 Å². The Morgan fingerprint density at radius 3 is 1.93 bits per heavy atom. The molecule has 1 unspecified atom stereocenters. The van der Waals surface area contributed by atoms with Crippen LogP contribution in [0.4, 0.5) is 5.69 Å². The third-order valence-corrected chi connectivity index (χ3v) is 5.72. The molecule has 0 aromatic heterocycles. The van der Waals surface area contributed by atoms with Crippen LogP contribution in [-0.4, -0.2) is 0 Å². The monoisotopic (exact) mass is 365 g/mol. The Labute approximate surface area is 167 Å². The molecule has 1 heteroatoms. The summed E-state index contributed by atoms with van der Waals surface area (Å²) in [5.41, 5.74) is 11.0. The molecular weight excluding hydrogens is 326 g/mol. The zero-order valence-corrected chi connectivity index (χ0v) is 17.6. The van der Waals surface area contributed by atoms with Crippen molar-refractivity contribution in [3.05, 3.63) is 65.2 Å². The first kappa shape index (κ1) is 21.5. The molecule has 1 atom stereocenters. The van der Waals surface area contributed by atoms with Crippen molar-refractivity contribution in [1.82, 2.24) is 0 Å². The van der Waals surface area contributed by atoms with E-state index in [1.807, 2.05) is 0 Å². The number of aryl methyl sites for hydroxylation is 1. The third kappa shape index (κ3) is 7.79. The molecule has 0 spiro atoms. The summed E-state index contributed by atoms with van der Waals surface area (Å²) >= 11 is 0. The second-order valence-corrected chi connectivity index (χ2v) is 8.05. The maximum absolute atomic E-state index is 5.97. The second kappa shape index (κ2) is 12.6. The standard InChI is InChI=1S/C26H39N/c1-3-4-5-6-7-8-9-10-11-15-18-26(23-16-13-12-14-17-23)25-20-19-24(27)21-22(25)2/h12-14,16-17,19-21,26H,3-11,15,18,27H2,1-2H3. The minimum absolute atomic E-state index is 0.487. The minimum Gasteiger partial charge on any atom is -0.399 e. The van der Waals surface area contributed by atoms with Gasteiger partial charge in [-0.25, -0.2) is 0 Å². The van der Waals surface area contributed by atoms with Gasteiger partial charge >= 0.3 is 0 Å². The highest BCUT2D eigenvalue weighted by Gasteiger charge is 2.16. The summed E-state index contributed by atoms with van der Waals surface area (Å²) in [6.45, 7) is 4.48. The van der Waals surface area contributed by atoms with Crippen molar-refractivity contribution in [1.29, 1.82) is 0 Å². The fraction of sp³-hybridized carbons (Fsp3) is 0.538. The van der Waals surface area contributed by atoms with Crippen molar-refractivity contribution in [2.75, 3.05) is 5.73 Å². The highest BCUT2D eigenvalue weighted by molar-refractivity contribution is 5.47. The summed E-state index contributed by atoms with van der Waals surface area (Å²) in [6, 6.07) is 17.4. The first-order valence-electron chi connectivity index (χ1n) is 11.1. The Kier molecular flexibility index (Phi) is 10.0. The van der Waals surface area contributed by atoms with Gasteiger partial charge in [0.05, 0.1) is 0 Å². The van der Waals surface area contributed by atoms with E-state index in [1.54, 1.807) is 0 Å². The summed E-state index contributed by atoms with van der Waals surface area (Å²) in [5.74, 6) is 0.487. The molecule has 0 amide bonds. The Balaban J connectivity index is 1.80. The molecule has 2 aromatic carbocycles. The van der Waals surface area contributed by atoms with Crippen LogP contribution in [0.25, 0.3) is 0 Å². The van der Waals surface area contributed by atoms with Crippen molar-refractivity contribution < 1.29 is 0 Å². The first-order valence-corrected chi connectivity index (χ1v) is 11.1. The van der Waals surface area contributed by atoms with E-state index in [2.05, 4.69) is 62.4 Å². The van der Waals surface area contributed by atoms with Gasteiger partial charge in [0.25, 0.3) is 0 Å². The zero-order valence-electron chi connectivity index (χ0n) is 17.6. The number of unbranched alkanes of at least 4 members (excludes halogenated alkanes) is 9. The normalized spacial score (nSPS) is 12.2. The van der Waals surface area contributed by atoms with Gasteiger partial charge in [0.1, 0.15) is 0 Å². The molecule has 2 rings (SSSR count). The first-order chi connectivity index (χ1) is 13.2. The van der Waals surface area contributed by atoms with Crippen molar-refractivity contribution >= 4 is 5.69 Å². The molecule has 27 heavy (non-hydrogen) atoms. The van der Waals surface area contributed by atoms with Crippen molar-refractivity contribution in [2.45, 2.75) is 90.4 Å². The van der Waals surface area contributed by atoms with Gasteiger partial charge in [-0.15, -0.1) is 0 Å². The summed E-state index contributed by atoms with van der Waals surface area (Å²) in [5, 5.41) is 0. The Morgan fingerprint density at radius 2 is 1.33 bits per heavy atom. The van der Waals surface area contributed by atoms with Crippen LogP contribution in [0.3, 0.4) is 0 Å². The number of nitrogens with two attached hydrogens (primary N) is 1. The molecule has 0 radical (unpaired) electrons. The molecule has 0 bridgehead atoms. The molecule has 0 heterocycles. The van der Waals surface area contributed by atoms with Gasteiger partial charge in [0.2, 0.25) is 0 Å². The number of hydrogen-bond acceptors (Lipinski definition) is 1. The van der Waals surface area contributed by atoms with Crippen LogP contribution in [-0.2, 0) is 0 Å². The number of anilines is 1. The zero-order chi connectivity index (χ0) is 19.3. The van der Waals surface area contributed by atoms with Crippen LogP contribution >= 0.6 is 0 Å². The molecule has 0 fully saturated rings. The van der Waals surface area contributed by atoms with E-state index in [-0.39, 0.29) is 0 Å². The van der Waals surface area contributed by atoms with Gasteiger partial charge in [0, 0.05) is 11.6 Å². The van der Waals surface area contributed by atoms with Gasteiger partial charge in [0.15, 0.2) is 0 Å². The largest absolute Gasteiger partial charge is 0.399 e. The Bertz CT molecular complexity index is 632. The lowest BCUT2D eigenvalue weighted by molar-refractivity contribution is 0.540. The molecule has 0 aliphatic carbocycles. The van der Waals surface area contributed by atoms with Crippen LogP contribution < -0.4 is 5.73 Å². The van der Waals surface area contributed by atoms with E-state index < -0.39 is 0 Å². The van der Waals surface area contributed by atoms with Crippen LogP contribution in [0.15, 0.2) is 48.5 Å². The van der Waals surface area contributed by atoms with E-state index in [0.29, 0.717) is 5.92 Å². The lowest BCUT2D eigenvalue weighted by Gasteiger charge is -2.20. The van der Waals surface area contributed by atoms with Crippen LogP contribution in [0, 0.1) is 6.92 Å². The summed E-state index contributed by atoms with van der Waals surface area (Å²) in [7, 11) is 0. The average molecular weight is 366 g/mol. The number of hydrogen-bond donors (Lipinski definition) is 1. The summed E-state index contributed by atoms with van der Waals surface area (Å²) < 4.78 is 0. The van der Waals surface area contributed by atoms with E-state index in [1.165, 1.54) is 87.3 Å². The highest BCUT2D eigenvalue weighted by Crippen LogP contribution is 2.33. The van der Waals surface area contributed by atoms with Gasteiger partial charge in [-0.1, -0.05) is 108 Å². The molecule has 0 saturated heterocycles. The van der Waals surface area contributed by atoms with E-state index in [4.69, 9.17) is 5.73 Å². The SMILES string of the molecule is CCCCCCCCCCCCC(c1ccccc1)c1ccc(N)cc1C. The molecule has 0 saturated carbocycles. The van der Waals surface area contributed by atoms with Crippen molar-refractivity contribution in [2.24, 2.45) is 0 Å². The maximum atomic E-state index is 5.97. The molecule has 2 aromatic rings. The number of nitrogen functional groups attached to an aromatic ring is 1. The predicted molar refractivity (Wildman–Crippen MR) is 120 cm³/mol. The average Bonchev–Trinajstić information content (AvgIpc) is 2.68. The van der Waals surface area contributed by atoms with Gasteiger partial charge in [-0.3, -0.25) is 0 Å². The maximum Gasteiger partial charge on any atom is 0.0316 e. The summed E-state index contributed by atoms with van der Waals surface area (Å²) in [4.78, 5) is 0. The predicted octanol–water partition coefficient (Wildman–Crippen LogP) is 8.02. The fourth-order valence-electron chi connectivity index (χ4n) is 4.11. The molecule has 1 nitrogen and oxygen atoms in total. The highest BCUT2D eigenvalue weighted by atomic mass is 14.5. The molecular formula is C26H39N. The smallest absolute Gasteiger partial charge is 0.0316 e. The second-order valence-electron chi connectivity index (χ2n) is 8.05. The van der Waals surface area contributed by atoms with E-state index in [0.717, 1.165) is 5.69 Å². The fourth-order valence-corrected chi connectivity index (χ4v) is 4.11. The lowest BCUT2D eigenvalue weighted by Crippen LogP contribution is -2.04. The molecule has 2 N–H and O–H groups in total. The lowest BCUT2D eigenvalue weighted by atomic mass is 9.84. The Hall–Kier alpha value is -1.76. The Morgan fingerprint density at radius 1 is 0.741 bits per heavy atom. The number of benzene rings is 2. The molecule has 0 aliphatic rings. The topological polar surface area (TPSA) is 26.0 Å². The van der Waals surface area contributed by atoms with E-state index in [9.17, 15) is 0 Å². The van der Waals surface area contributed by atoms with Crippen LogP contribution in [0.5, 0.6) is 0 Å². The minimum atomic E-state index is 0.487. The molecule has 0 aliphatic heterocycles. The van der Waals surface area contributed by atoms with E-state index >= 15 is 0 Å². The third-order valence-electron chi connectivity index (χ3n) is 5.72. The van der Waals surface area contributed by atoms with Crippen LogP contribution in [0.2, 0.25) is 0 Å². The van der Waals surface area contributed by atoms with Gasteiger partial charge < -0.3 is 5.73 Å². The van der Waals surface area contributed by atoms with Crippen molar-refractivity contribution in [3.8, 4) is 0 Å². The quantitative estimate of drug-likeness (QED) is 0.282. The van der Waals surface area contributed by atoms with Gasteiger partial charge in [-0.2, -0.15) is 0 Å². The van der Waals surface area contributed by atoms with Gasteiger partial charge in [-0.05, 0) is 42.2 Å². The summed E-state index contributed by atoms with van der Waals surface area (Å²) in [6.07, 6.45) is 15.1.